The van der Waals surface area contributed by atoms with Crippen molar-refractivity contribution < 1.29 is 33.3 Å². The first kappa shape index (κ1) is 22.7. The van der Waals surface area contributed by atoms with Gasteiger partial charge >= 0.3 is 0 Å². The summed E-state index contributed by atoms with van der Waals surface area (Å²) < 4.78 is 27.7. The normalized spacial score (nSPS) is 26.9. The first-order chi connectivity index (χ1) is 17.5. The number of likely N-dealkylation sites (tertiary alicyclic amines) is 1. The number of hydrogen-bond donors (Lipinski definition) is 1. The van der Waals surface area contributed by atoms with Crippen molar-refractivity contribution in [3.63, 3.8) is 0 Å². The second-order valence-electron chi connectivity index (χ2n) is 9.51. The van der Waals surface area contributed by atoms with Gasteiger partial charge in [-0.15, -0.1) is 0 Å². The van der Waals surface area contributed by atoms with Gasteiger partial charge in [0.05, 0.1) is 38.7 Å². The predicted molar refractivity (Wildman–Crippen MR) is 128 cm³/mol. The molecule has 4 aliphatic heterocycles. The van der Waals surface area contributed by atoms with Gasteiger partial charge in [0.1, 0.15) is 5.60 Å². The topological polar surface area (TPSA) is 95.6 Å². The van der Waals surface area contributed by atoms with E-state index in [0.29, 0.717) is 49.1 Å². The van der Waals surface area contributed by atoms with E-state index in [1.54, 1.807) is 19.1 Å². The van der Waals surface area contributed by atoms with E-state index in [1.165, 1.54) is 0 Å². The van der Waals surface area contributed by atoms with Crippen molar-refractivity contribution in [3.8, 4) is 23.0 Å². The van der Waals surface area contributed by atoms with Crippen LogP contribution >= 0.6 is 0 Å². The van der Waals surface area contributed by atoms with Crippen LogP contribution in [0.25, 0.3) is 0 Å². The summed E-state index contributed by atoms with van der Waals surface area (Å²) in [6.07, 6.45) is 4.13. The molecule has 4 atom stereocenters. The van der Waals surface area contributed by atoms with Crippen molar-refractivity contribution in [1.82, 2.24) is 10.2 Å². The zero-order valence-corrected chi connectivity index (χ0v) is 20.2. The molecule has 2 bridgehead atoms. The molecule has 2 aromatic carbocycles. The van der Waals surface area contributed by atoms with Crippen LogP contribution in [-0.4, -0.2) is 62.5 Å². The average Bonchev–Trinajstić information content (AvgIpc) is 3.65. The lowest BCUT2D eigenvalue weighted by atomic mass is 9.77. The summed E-state index contributed by atoms with van der Waals surface area (Å²) in [6.45, 7) is 1.49. The van der Waals surface area contributed by atoms with Gasteiger partial charge in [0.25, 0.3) is 0 Å². The molecule has 0 saturated carbocycles. The highest BCUT2D eigenvalue weighted by molar-refractivity contribution is 5.93. The number of nitrogens with zero attached hydrogens (tertiary/aromatic N) is 1. The van der Waals surface area contributed by atoms with Crippen molar-refractivity contribution >= 4 is 11.8 Å². The lowest BCUT2D eigenvalue weighted by Gasteiger charge is -2.23. The highest BCUT2D eigenvalue weighted by Crippen LogP contribution is 2.52. The summed E-state index contributed by atoms with van der Waals surface area (Å²) >= 11 is 0. The second-order valence-corrected chi connectivity index (χ2v) is 9.51. The van der Waals surface area contributed by atoms with Crippen LogP contribution in [0.5, 0.6) is 23.0 Å². The molecule has 0 aliphatic carbocycles. The van der Waals surface area contributed by atoms with Crippen molar-refractivity contribution in [2.75, 3.05) is 34.1 Å². The summed E-state index contributed by atoms with van der Waals surface area (Å²) in [5.41, 5.74) is 1.21. The minimum absolute atomic E-state index is 0.0560. The molecule has 4 heterocycles. The molecular formula is C27H28N2O7. The predicted octanol–water partition coefficient (Wildman–Crippen LogP) is 2.07. The molecule has 2 fully saturated rings. The maximum Gasteiger partial charge on any atom is 0.231 e. The Bertz CT molecular complexity index is 1240. The fourth-order valence-electron chi connectivity index (χ4n) is 5.76. The van der Waals surface area contributed by atoms with Crippen LogP contribution < -0.4 is 24.3 Å². The molecule has 188 valence electrons. The Hall–Kier alpha value is -3.72. The van der Waals surface area contributed by atoms with Crippen molar-refractivity contribution in [2.24, 2.45) is 11.8 Å². The zero-order chi connectivity index (χ0) is 24.9. The Morgan fingerprint density at radius 1 is 1.08 bits per heavy atom. The van der Waals surface area contributed by atoms with Crippen molar-refractivity contribution in [3.05, 3.63) is 59.7 Å². The van der Waals surface area contributed by atoms with E-state index in [-0.39, 0.29) is 24.7 Å². The third kappa shape index (κ3) is 3.65. The van der Waals surface area contributed by atoms with Gasteiger partial charge < -0.3 is 33.9 Å². The molecule has 0 aromatic heterocycles. The Labute approximate surface area is 208 Å². The summed E-state index contributed by atoms with van der Waals surface area (Å²) in [4.78, 5) is 28.5. The summed E-state index contributed by atoms with van der Waals surface area (Å²) in [5.74, 6) is 1.41. The fraction of sp³-hybridized carbons (Fsp3) is 0.407. The van der Waals surface area contributed by atoms with Gasteiger partial charge in [-0.1, -0.05) is 24.3 Å². The third-order valence-corrected chi connectivity index (χ3v) is 7.45. The van der Waals surface area contributed by atoms with Crippen LogP contribution in [-0.2, 0) is 27.3 Å². The van der Waals surface area contributed by atoms with Crippen LogP contribution in [0.2, 0.25) is 0 Å². The quantitative estimate of drug-likeness (QED) is 0.564. The van der Waals surface area contributed by atoms with Crippen LogP contribution in [0.15, 0.2) is 48.6 Å². The number of hydrogen-bond acceptors (Lipinski definition) is 7. The summed E-state index contributed by atoms with van der Waals surface area (Å²) in [6, 6.07) is 11.4. The molecule has 2 amide bonds. The van der Waals surface area contributed by atoms with Gasteiger partial charge in [0.15, 0.2) is 23.0 Å². The lowest BCUT2D eigenvalue weighted by molar-refractivity contribution is -0.137. The van der Waals surface area contributed by atoms with E-state index in [2.05, 4.69) is 5.32 Å². The maximum atomic E-state index is 13.5. The molecule has 0 unspecified atom stereocenters. The fourth-order valence-corrected chi connectivity index (χ4v) is 5.76. The first-order valence-corrected chi connectivity index (χ1v) is 12.0. The first-order valence-electron chi connectivity index (χ1n) is 12.0. The van der Waals surface area contributed by atoms with E-state index in [9.17, 15) is 9.59 Å². The minimum atomic E-state index is -0.747. The minimum Gasteiger partial charge on any atom is -0.493 e. The number of nitrogens with one attached hydrogen (secondary N) is 1. The molecule has 1 N–H and O–H groups in total. The summed E-state index contributed by atoms with van der Waals surface area (Å²) in [7, 11) is 3.19. The molecule has 0 radical (unpaired) electrons. The molecule has 2 aromatic rings. The van der Waals surface area contributed by atoms with Crippen LogP contribution in [0.1, 0.15) is 11.1 Å². The molecule has 9 nitrogen and oxygen atoms in total. The van der Waals surface area contributed by atoms with Gasteiger partial charge in [-0.25, -0.2) is 0 Å². The largest absolute Gasteiger partial charge is 0.493 e. The number of carbonyl (C=O) groups excluding carboxylic acids is 2. The average molecular weight is 493 g/mol. The van der Waals surface area contributed by atoms with Crippen LogP contribution in [0.4, 0.5) is 0 Å². The third-order valence-electron chi connectivity index (χ3n) is 7.45. The Balaban J connectivity index is 1.12. The SMILES string of the molecule is COc1ccc(CCNC(=O)[C@@H]2[C@H]3C(=O)N(Cc4ccc5c(c4)OCO5)C[C@]34C=C[C@H]2O4)cc1OC. The highest BCUT2D eigenvalue weighted by atomic mass is 16.7. The number of benzene rings is 2. The summed E-state index contributed by atoms with van der Waals surface area (Å²) in [5, 5.41) is 3.02. The second kappa shape index (κ2) is 8.74. The van der Waals surface area contributed by atoms with E-state index in [4.69, 9.17) is 23.7 Å². The lowest BCUT2D eigenvalue weighted by Crippen LogP contribution is -2.44. The van der Waals surface area contributed by atoms with Crippen LogP contribution in [0.3, 0.4) is 0 Å². The maximum absolute atomic E-state index is 13.5. The van der Waals surface area contributed by atoms with Gasteiger partial charge in [0, 0.05) is 13.1 Å². The van der Waals surface area contributed by atoms with E-state index >= 15 is 0 Å². The molecule has 2 saturated heterocycles. The Morgan fingerprint density at radius 2 is 1.89 bits per heavy atom. The molecule has 6 rings (SSSR count). The number of methoxy groups -OCH3 is 2. The van der Waals surface area contributed by atoms with E-state index in [0.717, 1.165) is 11.1 Å². The molecule has 1 spiro atoms. The van der Waals surface area contributed by atoms with Gasteiger partial charge in [0.2, 0.25) is 18.6 Å². The van der Waals surface area contributed by atoms with Gasteiger partial charge in [-0.05, 0) is 41.8 Å². The highest BCUT2D eigenvalue weighted by Gasteiger charge is 2.66. The van der Waals surface area contributed by atoms with Gasteiger partial charge in [-0.2, -0.15) is 0 Å². The smallest absolute Gasteiger partial charge is 0.231 e. The van der Waals surface area contributed by atoms with Crippen LogP contribution in [0, 0.1) is 11.8 Å². The monoisotopic (exact) mass is 492 g/mol. The van der Waals surface area contributed by atoms with Gasteiger partial charge in [-0.3, -0.25) is 9.59 Å². The Morgan fingerprint density at radius 3 is 2.72 bits per heavy atom. The number of fused-ring (bicyclic) bond motifs is 2. The molecule has 9 heteroatoms. The number of amides is 2. The van der Waals surface area contributed by atoms with E-state index in [1.807, 2.05) is 48.6 Å². The Kier molecular flexibility index (Phi) is 5.52. The van der Waals surface area contributed by atoms with Crippen molar-refractivity contribution in [1.29, 1.82) is 0 Å². The molecule has 36 heavy (non-hydrogen) atoms. The molecule has 4 aliphatic rings. The number of ether oxygens (including phenoxy) is 5. The number of carbonyl (C=O) groups is 2. The molecular weight excluding hydrogens is 464 g/mol. The standard InChI is InChI=1S/C27H28N2O7/c1-32-18-5-3-16(11-21(18)33-2)8-10-28-25(30)23-20-7-9-27(36-20)14-29(26(31)24(23)27)13-17-4-6-19-22(12-17)35-15-34-19/h3-7,9,11-12,20,23-24H,8,10,13-15H2,1-2H3,(H,28,30)/t20-,23+,24+,27-/m1/s1. The van der Waals surface area contributed by atoms with Crippen molar-refractivity contribution in [2.45, 2.75) is 24.7 Å². The number of rotatable bonds is 8. The van der Waals surface area contributed by atoms with E-state index < -0.39 is 17.4 Å². The zero-order valence-electron chi connectivity index (χ0n) is 20.2.